The van der Waals surface area contributed by atoms with Crippen molar-refractivity contribution in [2.45, 2.75) is 69.5 Å². The van der Waals surface area contributed by atoms with E-state index in [1.807, 2.05) is 24.1 Å². The van der Waals surface area contributed by atoms with Gasteiger partial charge in [0, 0.05) is 64.2 Å². The van der Waals surface area contributed by atoms with Crippen LogP contribution in [0.15, 0.2) is 12.4 Å². The summed E-state index contributed by atoms with van der Waals surface area (Å²) in [5.41, 5.74) is 1.17. The molecule has 7 nitrogen and oxygen atoms in total. The van der Waals surface area contributed by atoms with Crippen molar-refractivity contribution >= 4 is 5.91 Å². The fraction of sp³-hybridized carbons (Fsp3) is 0.818. The van der Waals surface area contributed by atoms with Crippen LogP contribution in [0.2, 0.25) is 0 Å². The molecule has 2 atom stereocenters. The van der Waals surface area contributed by atoms with Crippen molar-refractivity contribution in [2.75, 3.05) is 32.8 Å². The zero-order valence-corrected chi connectivity index (χ0v) is 17.8. The van der Waals surface area contributed by atoms with Crippen LogP contribution in [0.25, 0.3) is 0 Å². The van der Waals surface area contributed by atoms with Gasteiger partial charge in [-0.3, -0.25) is 14.4 Å². The average Bonchev–Trinajstić information content (AvgIpc) is 2.99. The fourth-order valence-corrected chi connectivity index (χ4v) is 4.91. The first-order chi connectivity index (χ1) is 14.2. The van der Waals surface area contributed by atoms with E-state index in [2.05, 4.69) is 20.6 Å². The molecular weight excluding hydrogens is 366 g/mol. The molecule has 1 aromatic rings. The number of hydrogen-bond acceptors (Lipinski definition) is 5. The minimum absolute atomic E-state index is 0.0833. The fourth-order valence-electron chi connectivity index (χ4n) is 4.91. The van der Waals surface area contributed by atoms with Gasteiger partial charge in [0.15, 0.2) is 0 Å². The Morgan fingerprint density at radius 1 is 1.14 bits per heavy atom. The van der Waals surface area contributed by atoms with Crippen LogP contribution in [0.3, 0.4) is 0 Å². The van der Waals surface area contributed by atoms with E-state index < -0.39 is 0 Å². The van der Waals surface area contributed by atoms with Crippen molar-refractivity contribution < 1.29 is 9.53 Å². The maximum Gasteiger partial charge on any atom is 0.224 e. The Balaban J connectivity index is 1.32. The van der Waals surface area contributed by atoms with Crippen LogP contribution < -0.4 is 10.6 Å². The Kier molecular flexibility index (Phi) is 7.21. The lowest BCUT2D eigenvalue weighted by atomic mass is 9.91. The van der Waals surface area contributed by atoms with Gasteiger partial charge in [-0.05, 0) is 50.5 Å². The molecule has 0 bridgehead atoms. The second kappa shape index (κ2) is 10.0. The molecule has 3 aliphatic rings. The molecule has 1 aliphatic carbocycles. The van der Waals surface area contributed by atoms with E-state index >= 15 is 0 Å². The highest BCUT2D eigenvalue weighted by Gasteiger charge is 2.33. The predicted molar refractivity (Wildman–Crippen MR) is 113 cm³/mol. The number of amides is 1. The summed E-state index contributed by atoms with van der Waals surface area (Å²) in [7, 11) is 1.92. The summed E-state index contributed by atoms with van der Waals surface area (Å²) in [4.78, 5) is 15.6. The van der Waals surface area contributed by atoms with Gasteiger partial charge in [-0.15, -0.1) is 0 Å². The first kappa shape index (κ1) is 20.8. The van der Waals surface area contributed by atoms with Gasteiger partial charge in [0.05, 0.1) is 12.1 Å². The lowest BCUT2D eigenvalue weighted by molar-refractivity contribution is -0.125. The number of hydrogen-bond donors (Lipinski definition) is 2. The first-order valence-electron chi connectivity index (χ1n) is 11.5. The molecule has 3 heterocycles. The minimum Gasteiger partial charge on any atom is -0.381 e. The number of rotatable bonds is 7. The van der Waals surface area contributed by atoms with Crippen molar-refractivity contribution in [1.82, 2.24) is 25.3 Å². The molecule has 1 amide bonds. The molecule has 1 saturated carbocycles. The number of nitrogens with zero attached hydrogens (tertiary/aromatic N) is 3. The summed E-state index contributed by atoms with van der Waals surface area (Å²) in [5.74, 6) is 0.301. The molecule has 4 rings (SSSR count). The van der Waals surface area contributed by atoms with Crippen molar-refractivity contribution in [2.24, 2.45) is 13.0 Å². The molecule has 0 aromatic carbocycles. The molecule has 3 fully saturated rings. The Bertz CT molecular complexity index is 653. The van der Waals surface area contributed by atoms with Crippen molar-refractivity contribution in [3.8, 4) is 0 Å². The van der Waals surface area contributed by atoms with Crippen molar-refractivity contribution in [3.63, 3.8) is 0 Å². The summed E-state index contributed by atoms with van der Waals surface area (Å²) < 4.78 is 7.39. The van der Waals surface area contributed by atoms with E-state index in [4.69, 9.17) is 4.74 Å². The molecular formula is C22H37N5O2. The summed E-state index contributed by atoms with van der Waals surface area (Å²) >= 11 is 0. The van der Waals surface area contributed by atoms with Gasteiger partial charge in [-0.1, -0.05) is 6.42 Å². The smallest absolute Gasteiger partial charge is 0.224 e. The first-order valence-corrected chi connectivity index (χ1v) is 11.5. The van der Waals surface area contributed by atoms with E-state index in [0.29, 0.717) is 24.7 Å². The molecule has 0 unspecified atom stereocenters. The van der Waals surface area contributed by atoms with E-state index in [1.54, 1.807) is 0 Å². The third-order valence-corrected chi connectivity index (χ3v) is 6.90. The Labute approximate surface area is 174 Å². The van der Waals surface area contributed by atoms with Crippen LogP contribution in [0.5, 0.6) is 0 Å². The van der Waals surface area contributed by atoms with Crippen molar-refractivity contribution in [3.05, 3.63) is 18.0 Å². The topological polar surface area (TPSA) is 71.4 Å². The SMILES string of the molecule is Cn1cc(CCNC(=O)[C@@H]2CC[C@H](NC3CCC3)CN(C3CCOCC3)C2)cn1. The molecule has 7 heteroatoms. The third-order valence-electron chi connectivity index (χ3n) is 6.90. The lowest BCUT2D eigenvalue weighted by Gasteiger charge is -2.38. The normalized spacial score (nSPS) is 27.3. The Morgan fingerprint density at radius 3 is 2.66 bits per heavy atom. The highest BCUT2D eigenvalue weighted by atomic mass is 16.5. The minimum atomic E-state index is 0.0833. The second-order valence-electron chi connectivity index (χ2n) is 9.13. The third kappa shape index (κ3) is 5.80. The number of carbonyl (C=O) groups is 1. The number of ether oxygens (including phenoxy) is 1. The summed E-state index contributed by atoms with van der Waals surface area (Å²) in [6, 6.07) is 1.76. The summed E-state index contributed by atoms with van der Waals surface area (Å²) in [6.45, 7) is 4.34. The van der Waals surface area contributed by atoms with Crippen LogP contribution in [0.4, 0.5) is 0 Å². The van der Waals surface area contributed by atoms with Crippen LogP contribution in [0, 0.1) is 5.92 Å². The van der Waals surface area contributed by atoms with Gasteiger partial charge >= 0.3 is 0 Å². The molecule has 2 N–H and O–H groups in total. The largest absolute Gasteiger partial charge is 0.381 e. The average molecular weight is 404 g/mol. The number of likely N-dealkylation sites (tertiary alicyclic amines) is 1. The van der Waals surface area contributed by atoms with Crippen LogP contribution in [-0.4, -0.2) is 71.6 Å². The maximum absolute atomic E-state index is 13.0. The van der Waals surface area contributed by atoms with E-state index in [0.717, 1.165) is 58.4 Å². The zero-order valence-electron chi connectivity index (χ0n) is 17.8. The molecule has 2 saturated heterocycles. The summed E-state index contributed by atoms with van der Waals surface area (Å²) in [5, 5.41) is 11.3. The molecule has 0 spiro atoms. The quantitative estimate of drug-likeness (QED) is 0.722. The summed E-state index contributed by atoms with van der Waals surface area (Å²) in [6.07, 6.45) is 13.0. The molecule has 162 valence electrons. The van der Waals surface area contributed by atoms with E-state index in [-0.39, 0.29) is 11.8 Å². The maximum atomic E-state index is 13.0. The van der Waals surface area contributed by atoms with Gasteiger partial charge in [0.1, 0.15) is 0 Å². The highest BCUT2D eigenvalue weighted by molar-refractivity contribution is 5.78. The van der Waals surface area contributed by atoms with Gasteiger partial charge < -0.3 is 15.4 Å². The van der Waals surface area contributed by atoms with E-state index in [1.165, 1.54) is 24.8 Å². The number of aromatic nitrogens is 2. The highest BCUT2D eigenvalue weighted by Crippen LogP contribution is 2.25. The van der Waals surface area contributed by atoms with Gasteiger partial charge in [0.25, 0.3) is 0 Å². The van der Waals surface area contributed by atoms with Crippen LogP contribution >= 0.6 is 0 Å². The van der Waals surface area contributed by atoms with Crippen LogP contribution in [-0.2, 0) is 23.0 Å². The number of carbonyl (C=O) groups excluding carboxylic acids is 1. The molecule has 1 aromatic heterocycles. The number of nitrogens with one attached hydrogen (secondary N) is 2. The Morgan fingerprint density at radius 2 is 1.97 bits per heavy atom. The van der Waals surface area contributed by atoms with Gasteiger partial charge in [0.2, 0.25) is 5.91 Å². The van der Waals surface area contributed by atoms with Gasteiger partial charge in [-0.25, -0.2) is 0 Å². The second-order valence-corrected chi connectivity index (χ2v) is 9.13. The monoisotopic (exact) mass is 403 g/mol. The Hall–Kier alpha value is -1.44. The standard InChI is InChI=1S/C22H37N5O2/c1-26-14-17(13-24-26)7-10-23-22(28)18-5-6-20(25-19-3-2-4-19)16-27(15-18)21-8-11-29-12-9-21/h13-14,18-21,25H,2-12,15-16H2,1H3,(H,23,28)/t18-,20+/m1/s1. The molecule has 2 aliphatic heterocycles. The van der Waals surface area contributed by atoms with Crippen molar-refractivity contribution in [1.29, 1.82) is 0 Å². The van der Waals surface area contributed by atoms with Gasteiger partial charge in [-0.2, -0.15) is 5.10 Å². The van der Waals surface area contributed by atoms with E-state index in [9.17, 15) is 4.79 Å². The zero-order chi connectivity index (χ0) is 20.1. The lowest BCUT2D eigenvalue weighted by Crippen LogP contribution is -2.50. The number of aryl methyl sites for hydroxylation is 1. The van der Waals surface area contributed by atoms with Crippen LogP contribution in [0.1, 0.15) is 50.5 Å². The predicted octanol–water partition coefficient (Wildman–Crippen LogP) is 1.48. The molecule has 0 radical (unpaired) electrons. The molecule has 29 heavy (non-hydrogen) atoms.